The summed E-state index contributed by atoms with van der Waals surface area (Å²) < 4.78 is 10.9. The molecule has 0 aliphatic heterocycles. The molecule has 1 aromatic carbocycles. The second-order valence-corrected chi connectivity index (χ2v) is 5.22. The molecule has 19 heavy (non-hydrogen) atoms. The van der Waals surface area contributed by atoms with E-state index in [1.807, 2.05) is 0 Å². The number of ether oxygens (including phenoxy) is 2. The van der Waals surface area contributed by atoms with Crippen LogP contribution in [0.25, 0.3) is 0 Å². The van der Waals surface area contributed by atoms with Crippen LogP contribution in [0.4, 0.5) is 0 Å². The number of hydrogen-bond acceptors (Lipinski definition) is 3. The zero-order chi connectivity index (χ0) is 14.1. The Kier molecular flexibility index (Phi) is 8.05. The van der Waals surface area contributed by atoms with Crippen molar-refractivity contribution in [3.63, 3.8) is 0 Å². The maximum atomic E-state index is 11.8. The smallest absolute Gasteiger partial charge is 0.251 e. The number of benzene rings is 1. The topological polar surface area (TPSA) is 47.6 Å². The molecule has 0 heterocycles. The zero-order valence-corrected chi connectivity index (χ0v) is 13.1. The van der Waals surface area contributed by atoms with Gasteiger partial charge in [-0.1, -0.05) is 27.5 Å². The Bertz CT molecular complexity index is 395. The van der Waals surface area contributed by atoms with Crippen molar-refractivity contribution in [2.24, 2.45) is 0 Å². The first-order chi connectivity index (χ1) is 9.13. The summed E-state index contributed by atoms with van der Waals surface area (Å²) in [7, 11) is 1.63. The highest BCUT2D eigenvalue weighted by Crippen LogP contribution is 2.19. The monoisotopic (exact) mass is 349 g/mol. The summed E-state index contributed by atoms with van der Waals surface area (Å²) in [6.07, 6.45) is 0.761. The molecule has 6 heteroatoms. The van der Waals surface area contributed by atoms with E-state index in [2.05, 4.69) is 21.2 Å². The van der Waals surface area contributed by atoms with Gasteiger partial charge in [-0.3, -0.25) is 4.79 Å². The number of amides is 1. The van der Waals surface area contributed by atoms with E-state index in [0.29, 0.717) is 37.0 Å². The van der Waals surface area contributed by atoms with Crippen LogP contribution in [-0.2, 0) is 9.47 Å². The van der Waals surface area contributed by atoms with E-state index in [1.165, 1.54) is 0 Å². The third kappa shape index (κ3) is 6.92. The van der Waals surface area contributed by atoms with Crippen molar-refractivity contribution in [1.82, 2.24) is 5.32 Å². The number of halogens is 2. The van der Waals surface area contributed by atoms with Gasteiger partial charge < -0.3 is 14.8 Å². The number of hydrogen-bond donors (Lipinski definition) is 1. The van der Waals surface area contributed by atoms with Gasteiger partial charge in [0.05, 0.1) is 13.2 Å². The molecule has 0 spiro atoms. The van der Waals surface area contributed by atoms with Gasteiger partial charge in [-0.2, -0.15) is 0 Å². The van der Waals surface area contributed by atoms with E-state index in [1.54, 1.807) is 25.3 Å². The first-order valence-corrected chi connectivity index (χ1v) is 7.11. The van der Waals surface area contributed by atoms with Crippen LogP contribution in [0.5, 0.6) is 0 Å². The van der Waals surface area contributed by atoms with Crippen LogP contribution in [-0.4, -0.2) is 39.4 Å². The van der Waals surface area contributed by atoms with Crippen molar-refractivity contribution in [3.8, 4) is 0 Å². The highest BCUT2D eigenvalue weighted by atomic mass is 79.9. The standard InChI is InChI=1S/C13H17BrClNO3/c1-18-5-6-19-4-2-3-16-13(17)10-7-11(14)9-12(15)8-10/h7-9H,2-6H2,1H3,(H,16,17). The third-order valence-corrected chi connectivity index (χ3v) is 2.98. The lowest BCUT2D eigenvalue weighted by atomic mass is 10.2. The van der Waals surface area contributed by atoms with Crippen molar-refractivity contribution in [3.05, 3.63) is 33.3 Å². The largest absolute Gasteiger partial charge is 0.382 e. The molecule has 1 rings (SSSR count). The van der Waals surface area contributed by atoms with Gasteiger partial charge >= 0.3 is 0 Å². The van der Waals surface area contributed by atoms with Gasteiger partial charge in [-0.05, 0) is 24.6 Å². The fourth-order valence-corrected chi connectivity index (χ4v) is 2.27. The lowest BCUT2D eigenvalue weighted by molar-refractivity contribution is 0.0688. The second-order valence-electron chi connectivity index (χ2n) is 3.87. The molecule has 0 saturated heterocycles. The van der Waals surface area contributed by atoms with Gasteiger partial charge in [0.2, 0.25) is 0 Å². The van der Waals surface area contributed by atoms with Crippen molar-refractivity contribution in [2.45, 2.75) is 6.42 Å². The quantitative estimate of drug-likeness (QED) is 0.733. The lowest BCUT2D eigenvalue weighted by Crippen LogP contribution is -2.25. The van der Waals surface area contributed by atoms with Crippen LogP contribution in [0, 0.1) is 0 Å². The maximum Gasteiger partial charge on any atom is 0.251 e. The number of carbonyl (C=O) groups is 1. The van der Waals surface area contributed by atoms with E-state index < -0.39 is 0 Å². The average Bonchev–Trinajstić information content (AvgIpc) is 2.36. The van der Waals surface area contributed by atoms with Gasteiger partial charge in [0, 0.05) is 35.3 Å². The molecule has 0 saturated carbocycles. The minimum Gasteiger partial charge on any atom is -0.382 e. The molecule has 1 aromatic rings. The molecule has 0 unspecified atom stereocenters. The highest BCUT2D eigenvalue weighted by Gasteiger charge is 2.06. The Balaban J connectivity index is 2.24. The molecule has 1 N–H and O–H groups in total. The summed E-state index contributed by atoms with van der Waals surface area (Å²) in [5.41, 5.74) is 0.541. The van der Waals surface area contributed by atoms with Gasteiger partial charge in [0.25, 0.3) is 5.91 Å². The summed E-state index contributed by atoms with van der Waals surface area (Å²) in [4.78, 5) is 11.8. The molecular formula is C13H17BrClNO3. The minimum atomic E-state index is -0.139. The molecule has 4 nitrogen and oxygen atoms in total. The molecule has 0 aliphatic rings. The average molecular weight is 351 g/mol. The number of nitrogens with one attached hydrogen (secondary N) is 1. The molecule has 0 radical (unpaired) electrons. The Morgan fingerprint density at radius 3 is 2.79 bits per heavy atom. The molecule has 1 amide bonds. The Morgan fingerprint density at radius 2 is 2.11 bits per heavy atom. The summed E-state index contributed by atoms with van der Waals surface area (Å²) >= 11 is 9.19. The first-order valence-electron chi connectivity index (χ1n) is 5.94. The van der Waals surface area contributed by atoms with E-state index in [-0.39, 0.29) is 5.91 Å². The van der Waals surface area contributed by atoms with Crippen LogP contribution < -0.4 is 5.32 Å². The molecular weight excluding hydrogens is 334 g/mol. The predicted octanol–water partition coefficient (Wildman–Crippen LogP) is 2.89. The van der Waals surface area contributed by atoms with Crippen LogP contribution in [0.15, 0.2) is 22.7 Å². The van der Waals surface area contributed by atoms with E-state index >= 15 is 0 Å². The summed E-state index contributed by atoms with van der Waals surface area (Å²) in [5, 5.41) is 3.34. The van der Waals surface area contributed by atoms with Gasteiger partial charge in [-0.15, -0.1) is 0 Å². The summed E-state index contributed by atoms with van der Waals surface area (Å²) in [6, 6.07) is 5.11. The molecule has 0 fully saturated rings. The fourth-order valence-electron chi connectivity index (χ4n) is 1.41. The Hall–Kier alpha value is -0.620. The van der Waals surface area contributed by atoms with Crippen molar-refractivity contribution in [2.75, 3.05) is 33.5 Å². The van der Waals surface area contributed by atoms with E-state index in [0.717, 1.165) is 10.9 Å². The highest BCUT2D eigenvalue weighted by molar-refractivity contribution is 9.10. The van der Waals surface area contributed by atoms with Crippen molar-refractivity contribution in [1.29, 1.82) is 0 Å². The first kappa shape index (κ1) is 16.4. The maximum absolute atomic E-state index is 11.8. The van der Waals surface area contributed by atoms with Crippen molar-refractivity contribution >= 4 is 33.4 Å². The number of methoxy groups -OCH3 is 1. The molecule has 0 aliphatic carbocycles. The van der Waals surface area contributed by atoms with Gasteiger partial charge in [0.1, 0.15) is 0 Å². The van der Waals surface area contributed by atoms with Crippen LogP contribution in [0.3, 0.4) is 0 Å². The van der Waals surface area contributed by atoms with Gasteiger partial charge in [-0.25, -0.2) is 0 Å². The molecule has 0 aromatic heterocycles. The number of carbonyl (C=O) groups excluding carboxylic acids is 1. The Labute approximate surface area is 126 Å². The lowest BCUT2D eigenvalue weighted by Gasteiger charge is -2.07. The second kappa shape index (κ2) is 9.31. The third-order valence-electron chi connectivity index (χ3n) is 2.31. The zero-order valence-electron chi connectivity index (χ0n) is 10.7. The van der Waals surface area contributed by atoms with Gasteiger partial charge in [0.15, 0.2) is 0 Å². The van der Waals surface area contributed by atoms with Crippen LogP contribution in [0.2, 0.25) is 5.02 Å². The predicted molar refractivity (Wildman–Crippen MR) is 78.8 cm³/mol. The SMILES string of the molecule is COCCOCCCNC(=O)c1cc(Cl)cc(Br)c1. The van der Waals surface area contributed by atoms with E-state index in [4.69, 9.17) is 21.1 Å². The summed E-state index contributed by atoms with van der Waals surface area (Å²) in [5.74, 6) is -0.139. The minimum absolute atomic E-state index is 0.139. The van der Waals surface area contributed by atoms with Crippen molar-refractivity contribution < 1.29 is 14.3 Å². The summed E-state index contributed by atoms with van der Waals surface area (Å²) in [6.45, 7) is 2.33. The van der Waals surface area contributed by atoms with Crippen LogP contribution in [0.1, 0.15) is 16.8 Å². The molecule has 106 valence electrons. The Morgan fingerprint density at radius 1 is 1.32 bits per heavy atom. The molecule has 0 bridgehead atoms. The normalized spacial score (nSPS) is 10.5. The van der Waals surface area contributed by atoms with E-state index in [9.17, 15) is 4.79 Å². The van der Waals surface area contributed by atoms with Crippen LogP contribution >= 0.6 is 27.5 Å². The fraction of sp³-hybridized carbons (Fsp3) is 0.462. The molecule has 0 atom stereocenters. The number of rotatable bonds is 8.